The van der Waals surface area contributed by atoms with Crippen LogP contribution < -0.4 is 4.31 Å². The molecule has 2 heterocycles. The Bertz CT molecular complexity index is 657. The Hall–Kier alpha value is -1.67. The fourth-order valence-corrected chi connectivity index (χ4v) is 2.84. The van der Waals surface area contributed by atoms with Crippen LogP contribution in [0.2, 0.25) is 0 Å². The first-order valence-electron chi connectivity index (χ1n) is 6.49. The molecule has 0 spiro atoms. The monoisotopic (exact) mass is 341 g/mol. The van der Waals surface area contributed by atoms with E-state index in [-0.39, 0.29) is 11.5 Å². The van der Waals surface area contributed by atoms with Crippen LogP contribution in [0.15, 0.2) is 28.0 Å². The highest BCUT2D eigenvalue weighted by Gasteiger charge is 2.26. The van der Waals surface area contributed by atoms with Crippen LogP contribution in [0.5, 0.6) is 0 Å². The summed E-state index contributed by atoms with van der Waals surface area (Å²) in [5.41, 5.74) is 1.27. The number of rotatable bonds is 3. The van der Waals surface area contributed by atoms with Crippen LogP contribution in [0.25, 0.3) is 0 Å². The summed E-state index contributed by atoms with van der Waals surface area (Å²) in [5, 5.41) is 2.21. The highest BCUT2D eigenvalue weighted by molar-refractivity contribution is 8.01. The molecule has 0 N–H and O–H groups in total. The molecule has 0 aliphatic rings. The number of carbonyl (C=O) groups is 1. The van der Waals surface area contributed by atoms with Gasteiger partial charge in [-0.15, -0.1) is 11.3 Å². The molecule has 2 aromatic rings. The lowest BCUT2D eigenvalue weighted by Crippen LogP contribution is -2.33. The van der Waals surface area contributed by atoms with Crippen molar-refractivity contribution in [3.63, 3.8) is 0 Å². The van der Waals surface area contributed by atoms with Crippen LogP contribution >= 0.6 is 23.3 Å². The zero-order valence-corrected chi connectivity index (χ0v) is 14.3. The maximum absolute atomic E-state index is 13.3. The average Bonchev–Trinajstić information content (AvgIpc) is 2.91. The summed E-state index contributed by atoms with van der Waals surface area (Å²) in [6, 6.07) is 2.83. The standard InChI is InChI=1S/C14H16FN3O2S2/c1-9-10(15)5-6-12(17-9)22-18(11-7-21-8-16-11)13(19)20-14(2,3)4/h5-8H,1-4H3. The summed E-state index contributed by atoms with van der Waals surface area (Å²) in [4.78, 5) is 20.6. The van der Waals surface area contributed by atoms with Crippen molar-refractivity contribution in [3.05, 3.63) is 34.5 Å². The summed E-state index contributed by atoms with van der Waals surface area (Å²) < 4.78 is 20.0. The van der Waals surface area contributed by atoms with Gasteiger partial charge in [-0.25, -0.2) is 19.2 Å². The molecular weight excluding hydrogens is 325 g/mol. The van der Waals surface area contributed by atoms with Crippen molar-refractivity contribution in [1.82, 2.24) is 9.97 Å². The SMILES string of the molecule is Cc1nc(SN(C(=O)OC(C)(C)C)c2cscn2)ccc1F. The minimum absolute atomic E-state index is 0.271. The molecule has 0 aliphatic heterocycles. The van der Waals surface area contributed by atoms with Gasteiger partial charge in [0, 0.05) is 17.3 Å². The number of halogens is 1. The summed E-state index contributed by atoms with van der Waals surface area (Å²) >= 11 is 2.41. The normalized spacial score (nSPS) is 11.3. The summed E-state index contributed by atoms with van der Waals surface area (Å²) in [5.74, 6) is 0.0647. The quantitative estimate of drug-likeness (QED) is 0.773. The molecule has 0 radical (unpaired) electrons. The van der Waals surface area contributed by atoms with Crippen molar-refractivity contribution in [2.24, 2.45) is 0 Å². The second-order valence-corrected chi connectivity index (χ2v) is 7.11. The van der Waals surface area contributed by atoms with Gasteiger partial charge in [0.2, 0.25) is 0 Å². The number of carbonyl (C=O) groups excluding carboxylic acids is 1. The van der Waals surface area contributed by atoms with Crippen LogP contribution in [0.3, 0.4) is 0 Å². The van der Waals surface area contributed by atoms with Gasteiger partial charge in [-0.05, 0) is 39.8 Å². The molecule has 5 nitrogen and oxygen atoms in total. The lowest BCUT2D eigenvalue weighted by atomic mass is 10.2. The van der Waals surface area contributed by atoms with Gasteiger partial charge in [-0.3, -0.25) is 0 Å². The molecule has 0 bridgehead atoms. The van der Waals surface area contributed by atoms with Gasteiger partial charge in [0.15, 0.2) is 5.82 Å². The van der Waals surface area contributed by atoms with Crippen LogP contribution in [-0.2, 0) is 4.74 Å². The number of thiazole rings is 1. The lowest BCUT2D eigenvalue weighted by Gasteiger charge is -2.24. The Morgan fingerprint density at radius 2 is 2.14 bits per heavy atom. The van der Waals surface area contributed by atoms with E-state index in [1.54, 1.807) is 38.6 Å². The van der Waals surface area contributed by atoms with Crippen molar-refractivity contribution in [3.8, 4) is 0 Å². The predicted octanol–water partition coefficient (Wildman–Crippen LogP) is 4.43. The summed E-state index contributed by atoms with van der Waals surface area (Å²) in [6.45, 7) is 6.93. The Morgan fingerprint density at radius 1 is 1.41 bits per heavy atom. The molecule has 0 atom stereocenters. The third-order valence-corrected chi connectivity index (χ3v) is 3.87. The third-order valence-electron chi connectivity index (χ3n) is 2.37. The van der Waals surface area contributed by atoms with E-state index < -0.39 is 11.7 Å². The minimum atomic E-state index is -0.627. The topological polar surface area (TPSA) is 55.3 Å². The van der Waals surface area contributed by atoms with Crippen molar-refractivity contribution >= 4 is 35.2 Å². The smallest absolute Gasteiger partial charge is 0.426 e. The molecule has 0 saturated heterocycles. The first-order valence-corrected chi connectivity index (χ1v) is 8.20. The van der Waals surface area contributed by atoms with E-state index in [1.807, 2.05) is 0 Å². The Kier molecular flexibility index (Phi) is 5.02. The Labute approximate surface area is 136 Å². The van der Waals surface area contributed by atoms with Gasteiger partial charge in [-0.2, -0.15) is 4.31 Å². The predicted molar refractivity (Wildman–Crippen MR) is 85.6 cm³/mol. The zero-order chi connectivity index (χ0) is 16.3. The molecule has 0 unspecified atom stereocenters. The van der Waals surface area contributed by atoms with Gasteiger partial charge in [-0.1, -0.05) is 0 Å². The first-order chi connectivity index (χ1) is 10.3. The highest BCUT2D eigenvalue weighted by Crippen LogP contribution is 2.30. The van der Waals surface area contributed by atoms with Crippen LogP contribution in [0.1, 0.15) is 26.5 Å². The number of hydrogen-bond donors (Lipinski definition) is 0. The lowest BCUT2D eigenvalue weighted by molar-refractivity contribution is 0.0611. The zero-order valence-electron chi connectivity index (χ0n) is 12.7. The van der Waals surface area contributed by atoms with E-state index >= 15 is 0 Å². The Morgan fingerprint density at radius 3 is 2.68 bits per heavy atom. The van der Waals surface area contributed by atoms with Crippen molar-refractivity contribution in [2.45, 2.75) is 38.3 Å². The fraction of sp³-hybridized carbons (Fsp3) is 0.357. The third kappa shape index (κ3) is 4.41. The van der Waals surface area contributed by atoms with Gasteiger partial charge in [0.05, 0.1) is 11.2 Å². The van der Waals surface area contributed by atoms with E-state index in [0.717, 1.165) is 11.9 Å². The second kappa shape index (κ2) is 6.62. The number of aryl methyl sites for hydroxylation is 1. The molecule has 8 heteroatoms. The number of pyridine rings is 1. The largest absolute Gasteiger partial charge is 0.443 e. The van der Waals surface area contributed by atoms with Crippen molar-refractivity contribution < 1.29 is 13.9 Å². The molecule has 0 saturated carbocycles. The van der Waals surface area contributed by atoms with Crippen LogP contribution in [0, 0.1) is 12.7 Å². The number of aromatic nitrogens is 2. The first kappa shape index (κ1) is 16.7. The molecular formula is C14H16FN3O2S2. The van der Waals surface area contributed by atoms with E-state index in [0.29, 0.717) is 10.8 Å². The maximum Gasteiger partial charge on any atom is 0.426 e. The number of hydrogen-bond acceptors (Lipinski definition) is 6. The van der Waals surface area contributed by atoms with E-state index in [9.17, 15) is 9.18 Å². The van der Waals surface area contributed by atoms with Crippen molar-refractivity contribution in [1.29, 1.82) is 0 Å². The number of anilines is 1. The maximum atomic E-state index is 13.3. The molecule has 2 rings (SSSR count). The number of nitrogens with zero attached hydrogens (tertiary/aromatic N) is 3. The average molecular weight is 341 g/mol. The molecule has 22 heavy (non-hydrogen) atoms. The van der Waals surface area contributed by atoms with Crippen LogP contribution in [-0.4, -0.2) is 21.7 Å². The van der Waals surface area contributed by atoms with Gasteiger partial charge in [0.1, 0.15) is 16.4 Å². The minimum Gasteiger partial charge on any atom is -0.443 e. The molecule has 2 aromatic heterocycles. The van der Waals surface area contributed by atoms with Gasteiger partial charge < -0.3 is 4.74 Å². The molecule has 1 amide bonds. The van der Waals surface area contributed by atoms with Gasteiger partial charge >= 0.3 is 6.09 Å². The van der Waals surface area contributed by atoms with Gasteiger partial charge in [0.25, 0.3) is 0 Å². The summed E-state index contributed by atoms with van der Waals surface area (Å²) in [6.07, 6.45) is -0.549. The highest BCUT2D eigenvalue weighted by atomic mass is 32.2. The second-order valence-electron chi connectivity index (χ2n) is 5.43. The number of ether oxygens (including phenoxy) is 1. The molecule has 118 valence electrons. The molecule has 0 aromatic carbocycles. The van der Waals surface area contributed by atoms with E-state index in [1.165, 1.54) is 27.8 Å². The molecule has 0 aliphatic carbocycles. The van der Waals surface area contributed by atoms with Crippen molar-refractivity contribution in [2.75, 3.05) is 4.31 Å². The van der Waals surface area contributed by atoms with E-state index in [4.69, 9.17) is 4.74 Å². The van der Waals surface area contributed by atoms with E-state index in [2.05, 4.69) is 9.97 Å². The summed E-state index contributed by atoms with van der Waals surface area (Å²) in [7, 11) is 0. The molecule has 0 fully saturated rings. The van der Waals surface area contributed by atoms with Crippen LogP contribution in [0.4, 0.5) is 15.0 Å². The Balaban J connectivity index is 2.25. The number of amides is 1. The fourth-order valence-electron chi connectivity index (χ4n) is 1.45.